The molecule has 8 N–H and O–H groups in total. The molecule has 0 saturated carbocycles. The highest BCUT2D eigenvalue weighted by molar-refractivity contribution is 4.95. The summed E-state index contributed by atoms with van der Waals surface area (Å²) in [5, 5.41) is 71.9. The van der Waals surface area contributed by atoms with E-state index in [2.05, 4.69) is 5.32 Å². The van der Waals surface area contributed by atoms with Gasteiger partial charge in [0.1, 0.15) is 55.1 Å². The molecule has 0 aromatic heterocycles. The van der Waals surface area contributed by atoms with Gasteiger partial charge in [0.2, 0.25) is 0 Å². The van der Waals surface area contributed by atoms with E-state index in [0.717, 1.165) is 0 Å². The van der Waals surface area contributed by atoms with Crippen molar-refractivity contribution in [1.29, 1.82) is 0 Å². The number of hydrogen-bond donors (Lipinski definition) is 8. The predicted octanol–water partition coefficient (Wildman–Crippen LogP) is -4.39. The van der Waals surface area contributed by atoms with Crippen molar-refractivity contribution in [3.8, 4) is 0 Å². The second kappa shape index (κ2) is 9.17. The van der Waals surface area contributed by atoms with Crippen molar-refractivity contribution in [2.24, 2.45) is 0 Å². The Balaban J connectivity index is 2.11. The van der Waals surface area contributed by atoms with Crippen molar-refractivity contribution in [2.45, 2.75) is 81.2 Å². The van der Waals surface area contributed by atoms with Crippen LogP contribution < -0.4 is 5.32 Å². The first-order valence-corrected chi connectivity index (χ1v) is 8.55. The van der Waals surface area contributed by atoms with Gasteiger partial charge in [0.05, 0.1) is 13.2 Å². The molecule has 0 aliphatic carbocycles. The maximum atomic E-state index is 10.4. The van der Waals surface area contributed by atoms with E-state index in [1.807, 2.05) is 13.8 Å². The van der Waals surface area contributed by atoms with Gasteiger partial charge in [-0.1, -0.05) is 0 Å². The Morgan fingerprint density at radius 3 is 1.96 bits per heavy atom. The first-order chi connectivity index (χ1) is 12.2. The molecule has 154 valence electrons. The molecule has 11 heteroatoms. The zero-order valence-electron chi connectivity index (χ0n) is 14.6. The number of aliphatic hydroxyl groups is 7. The largest absolute Gasteiger partial charge is 0.394 e. The quantitative estimate of drug-likeness (QED) is 0.222. The average Bonchev–Trinajstić information content (AvgIpc) is 2.60. The van der Waals surface area contributed by atoms with Crippen LogP contribution >= 0.6 is 0 Å². The Labute approximate surface area is 150 Å². The van der Waals surface area contributed by atoms with Crippen molar-refractivity contribution >= 4 is 0 Å². The predicted molar refractivity (Wildman–Crippen MR) is 84.7 cm³/mol. The molecule has 10 unspecified atom stereocenters. The van der Waals surface area contributed by atoms with E-state index in [1.54, 1.807) is 0 Å². The molecular weight excluding hydrogens is 354 g/mol. The molecule has 10 atom stereocenters. The van der Waals surface area contributed by atoms with Gasteiger partial charge in [-0.15, -0.1) is 0 Å². The van der Waals surface area contributed by atoms with Crippen LogP contribution in [0.5, 0.6) is 0 Å². The van der Waals surface area contributed by atoms with Crippen LogP contribution in [0, 0.1) is 0 Å². The Kier molecular flexibility index (Phi) is 7.71. The van der Waals surface area contributed by atoms with Gasteiger partial charge in [-0.05, 0) is 13.8 Å². The van der Waals surface area contributed by atoms with Crippen LogP contribution in [0.4, 0.5) is 0 Å². The van der Waals surface area contributed by atoms with Gasteiger partial charge < -0.3 is 50.0 Å². The van der Waals surface area contributed by atoms with Crippen LogP contribution in [0.15, 0.2) is 0 Å². The van der Waals surface area contributed by atoms with E-state index in [-0.39, 0.29) is 6.04 Å². The summed E-state index contributed by atoms with van der Waals surface area (Å²) in [5.74, 6) is 0. The van der Waals surface area contributed by atoms with Crippen molar-refractivity contribution < 1.29 is 50.0 Å². The Morgan fingerprint density at radius 2 is 1.42 bits per heavy atom. The number of aliphatic hydroxyl groups excluding tert-OH is 7. The number of rotatable bonds is 6. The first-order valence-electron chi connectivity index (χ1n) is 8.55. The average molecular weight is 383 g/mol. The summed E-state index contributed by atoms with van der Waals surface area (Å²) in [4.78, 5) is 0. The third-order valence-corrected chi connectivity index (χ3v) is 4.50. The van der Waals surface area contributed by atoms with E-state index < -0.39 is 74.6 Å². The van der Waals surface area contributed by atoms with Crippen LogP contribution in [0.3, 0.4) is 0 Å². The van der Waals surface area contributed by atoms with E-state index in [0.29, 0.717) is 0 Å². The highest BCUT2D eigenvalue weighted by atomic mass is 16.7. The summed E-state index contributed by atoms with van der Waals surface area (Å²) >= 11 is 0. The van der Waals surface area contributed by atoms with Crippen molar-refractivity contribution in [3.63, 3.8) is 0 Å². The zero-order valence-corrected chi connectivity index (χ0v) is 14.6. The minimum Gasteiger partial charge on any atom is -0.394 e. The van der Waals surface area contributed by atoms with Crippen molar-refractivity contribution in [1.82, 2.24) is 5.32 Å². The Hall–Kier alpha value is -0.440. The van der Waals surface area contributed by atoms with Crippen LogP contribution in [0.25, 0.3) is 0 Å². The molecule has 2 aliphatic rings. The lowest BCUT2D eigenvalue weighted by Gasteiger charge is -2.46. The lowest BCUT2D eigenvalue weighted by molar-refractivity contribution is -0.343. The maximum absolute atomic E-state index is 10.4. The topological polar surface area (TPSA) is 181 Å². The van der Waals surface area contributed by atoms with Crippen LogP contribution in [-0.2, 0) is 14.2 Å². The summed E-state index contributed by atoms with van der Waals surface area (Å²) in [6.07, 6.45) is -13.8. The summed E-state index contributed by atoms with van der Waals surface area (Å²) in [7, 11) is 0. The molecule has 2 fully saturated rings. The monoisotopic (exact) mass is 383 g/mol. The van der Waals surface area contributed by atoms with Gasteiger partial charge in [-0.2, -0.15) is 0 Å². The zero-order chi connectivity index (χ0) is 19.6. The Bertz CT molecular complexity index is 437. The standard InChI is InChI=1S/C15H29NO10/c1-5(2)16-14-11(22)10(21)13(7(4-18)24-14)26-15-12(23)9(20)8(19)6(3-17)25-15/h5-23H,3-4H2,1-2H3. The van der Waals surface area contributed by atoms with E-state index in [1.165, 1.54) is 0 Å². The van der Waals surface area contributed by atoms with Gasteiger partial charge >= 0.3 is 0 Å². The molecule has 26 heavy (non-hydrogen) atoms. The molecular formula is C15H29NO10. The normalized spacial score (nSPS) is 47.3. The summed E-state index contributed by atoms with van der Waals surface area (Å²) in [6.45, 7) is 2.43. The van der Waals surface area contributed by atoms with Gasteiger partial charge in [0.15, 0.2) is 6.29 Å². The van der Waals surface area contributed by atoms with Crippen molar-refractivity contribution in [2.75, 3.05) is 13.2 Å². The summed E-state index contributed by atoms with van der Waals surface area (Å²) < 4.78 is 16.2. The molecule has 2 aliphatic heterocycles. The lowest BCUT2D eigenvalue weighted by Crippen LogP contribution is -2.66. The third kappa shape index (κ3) is 4.51. The molecule has 2 saturated heterocycles. The molecule has 11 nitrogen and oxygen atoms in total. The molecule has 2 heterocycles. The number of ether oxygens (including phenoxy) is 3. The fourth-order valence-corrected chi connectivity index (χ4v) is 3.06. The molecule has 0 amide bonds. The molecule has 0 aromatic carbocycles. The van der Waals surface area contributed by atoms with Crippen LogP contribution in [0.1, 0.15) is 13.8 Å². The first kappa shape index (κ1) is 21.9. The minimum absolute atomic E-state index is 0.0656. The third-order valence-electron chi connectivity index (χ3n) is 4.50. The minimum atomic E-state index is -1.68. The van der Waals surface area contributed by atoms with E-state index in [9.17, 15) is 35.7 Å². The summed E-state index contributed by atoms with van der Waals surface area (Å²) in [6, 6.07) is -0.0656. The van der Waals surface area contributed by atoms with Crippen LogP contribution in [0.2, 0.25) is 0 Å². The second-order valence-corrected chi connectivity index (χ2v) is 6.88. The molecule has 0 spiro atoms. The van der Waals surface area contributed by atoms with Gasteiger partial charge in [0, 0.05) is 6.04 Å². The molecule has 0 aromatic rings. The van der Waals surface area contributed by atoms with Gasteiger partial charge in [-0.3, -0.25) is 5.32 Å². The Morgan fingerprint density at radius 1 is 0.808 bits per heavy atom. The summed E-state index contributed by atoms with van der Waals surface area (Å²) in [5.41, 5.74) is 0. The maximum Gasteiger partial charge on any atom is 0.187 e. The van der Waals surface area contributed by atoms with Crippen molar-refractivity contribution in [3.05, 3.63) is 0 Å². The number of hydrogen-bond acceptors (Lipinski definition) is 11. The SMILES string of the molecule is CC(C)NC1OC(CO)C(OC2OC(CO)C(O)C(O)C2O)C(O)C1O. The van der Waals surface area contributed by atoms with Crippen LogP contribution in [-0.4, -0.2) is 116 Å². The van der Waals surface area contributed by atoms with E-state index in [4.69, 9.17) is 14.2 Å². The van der Waals surface area contributed by atoms with Gasteiger partial charge in [0.25, 0.3) is 0 Å². The smallest absolute Gasteiger partial charge is 0.187 e. The molecule has 2 rings (SSSR count). The number of nitrogens with one attached hydrogen (secondary N) is 1. The van der Waals surface area contributed by atoms with Gasteiger partial charge in [-0.25, -0.2) is 0 Å². The lowest BCUT2D eigenvalue weighted by atomic mass is 9.96. The fraction of sp³-hybridized carbons (Fsp3) is 1.00. The molecule has 0 radical (unpaired) electrons. The fourth-order valence-electron chi connectivity index (χ4n) is 3.06. The highest BCUT2D eigenvalue weighted by Crippen LogP contribution is 2.28. The van der Waals surface area contributed by atoms with E-state index >= 15 is 0 Å². The highest BCUT2D eigenvalue weighted by Gasteiger charge is 2.50. The molecule has 0 bridgehead atoms. The second-order valence-electron chi connectivity index (χ2n) is 6.88.